The van der Waals surface area contributed by atoms with Crippen molar-refractivity contribution in [2.75, 3.05) is 14.2 Å². The van der Waals surface area contributed by atoms with Crippen molar-refractivity contribution in [1.29, 1.82) is 0 Å². The normalized spacial score (nSPS) is 14.5. The molecule has 1 unspecified atom stereocenters. The molecule has 0 bridgehead atoms. The van der Waals surface area contributed by atoms with Crippen molar-refractivity contribution < 1.29 is 34.0 Å². The number of aromatic nitrogens is 1. The highest BCUT2D eigenvalue weighted by atomic mass is 16.5. The third-order valence-electron chi connectivity index (χ3n) is 5.39. The van der Waals surface area contributed by atoms with Gasteiger partial charge in [0.25, 0.3) is 0 Å². The molecule has 2 aromatic carbocycles. The Morgan fingerprint density at radius 3 is 2.64 bits per heavy atom. The molecule has 4 rings (SSSR count). The summed E-state index contributed by atoms with van der Waals surface area (Å²) < 4.78 is 15.8. The number of carbonyl (C=O) groups excluding carboxylic acids is 2. The molecule has 0 fully saturated rings. The number of aromatic hydroxyl groups is 2. The number of ketones is 1. The molecule has 1 aliphatic rings. The second-order valence-electron chi connectivity index (χ2n) is 7.37. The van der Waals surface area contributed by atoms with E-state index in [-0.39, 0.29) is 40.8 Å². The van der Waals surface area contributed by atoms with Gasteiger partial charge in [-0.15, -0.1) is 0 Å². The Hall–Kier alpha value is -4.33. The van der Waals surface area contributed by atoms with Crippen LogP contribution in [0.2, 0.25) is 0 Å². The number of esters is 1. The van der Waals surface area contributed by atoms with E-state index in [1.807, 2.05) is 0 Å². The van der Waals surface area contributed by atoms with Crippen LogP contribution in [0.4, 0.5) is 0 Å². The van der Waals surface area contributed by atoms with E-state index in [0.29, 0.717) is 22.4 Å². The fourth-order valence-corrected chi connectivity index (χ4v) is 3.77. The molecule has 0 radical (unpaired) electrons. The van der Waals surface area contributed by atoms with Gasteiger partial charge in [0.1, 0.15) is 11.5 Å². The monoisotopic (exact) mass is 447 g/mol. The fourth-order valence-electron chi connectivity index (χ4n) is 3.77. The van der Waals surface area contributed by atoms with Crippen LogP contribution in [0.1, 0.15) is 39.4 Å². The third-order valence-corrected chi connectivity index (χ3v) is 5.39. The first-order chi connectivity index (χ1) is 15.9. The van der Waals surface area contributed by atoms with Crippen molar-refractivity contribution in [3.05, 3.63) is 82.9 Å². The van der Waals surface area contributed by atoms with Gasteiger partial charge in [-0.25, -0.2) is 0 Å². The Morgan fingerprint density at radius 1 is 1.15 bits per heavy atom. The molecule has 0 saturated heterocycles. The number of phenolic OH excluding ortho intramolecular Hbond substituents is 2. The number of hydrogen-bond acceptors (Lipinski definition) is 8. The lowest BCUT2D eigenvalue weighted by Crippen LogP contribution is -2.11. The van der Waals surface area contributed by atoms with Gasteiger partial charge in [-0.05, 0) is 47.5 Å². The molecular weight excluding hydrogens is 426 g/mol. The van der Waals surface area contributed by atoms with E-state index >= 15 is 0 Å². The Morgan fingerprint density at radius 2 is 1.97 bits per heavy atom. The smallest absolute Gasteiger partial charge is 0.306 e. The van der Waals surface area contributed by atoms with Crippen LogP contribution in [0.3, 0.4) is 0 Å². The molecule has 2 N–H and O–H groups in total. The van der Waals surface area contributed by atoms with Crippen LogP contribution in [-0.2, 0) is 9.53 Å². The van der Waals surface area contributed by atoms with Crippen LogP contribution in [0.5, 0.6) is 23.0 Å². The Kier molecular flexibility index (Phi) is 5.99. The van der Waals surface area contributed by atoms with E-state index in [0.717, 1.165) is 0 Å². The van der Waals surface area contributed by atoms with E-state index < -0.39 is 11.9 Å². The minimum absolute atomic E-state index is 0.0180. The van der Waals surface area contributed by atoms with Gasteiger partial charge in [-0.3, -0.25) is 14.6 Å². The van der Waals surface area contributed by atoms with Gasteiger partial charge in [0.05, 0.1) is 26.2 Å². The average molecular weight is 447 g/mol. The second kappa shape index (κ2) is 9.04. The molecule has 1 atom stereocenters. The average Bonchev–Trinajstić information content (AvgIpc) is 3.13. The minimum Gasteiger partial charge on any atom is -0.508 e. The van der Waals surface area contributed by atoms with Crippen LogP contribution >= 0.6 is 0 Å². The summed E-state index contributed by atoms with van der Waals surface area (Å²) in [6.07, 6.45) is 4.58. The lowest BCUT2D eigenvalue weighted by Gasteiger charge is -2.20. The molecule has 1 aliphatic heterocycles. The number of allylic oxidation sites excluding steroid dienone is 1. The van der Waals surface area contributed by atoms with E-state index in [2.05, 4.69) is 4.98 Å². The maximum atomic E-state index is 13.0. The van der Waals surface area contributed by atoms with Crippen molar-refractivity contribution in [2.24, 2.45) is 0 Å². The standard InChI is InChI=1S/C25H21NO7/c1-31-20-8-5-14(10-19(20)28)11-21-24(30)16-6-7-18(27)23(25(16)33-21)17(12-22(29)32-2)15-4-3-9-26-13-15/h3-11,13,17,27-28H,12H2,1-2H3. The zero-order chi connectivity index (χ0) is 23.5. The molecule has 33 heavy (non-hydrogen) atoms. The topological polar surface area (TPSA) is 115 Å². The number of benzene rings is 2. The number of fused-ring (bicyclic) bond motifs is 1. The SMILES string of the molecule is COC(=O)CC(c1cccnc1)c1c(O)ccc2c1OC(=Cc1ccc(OC)c(O)c1)C2=O. The quantitative estimate of drug-likeness (QED) is 0.433. The van der Waals surface area contributed by atoms with Crippen molar-refractivity contribution in [1.82, 2.24) is 4.98 Å². The highest BCUT2D eigenvalue weighted by molar-refractivity contribution is 6.15. The number of hydrogen-bond donors (Lipinski definition) is 2. The van der Waals surface area contributed by atoms with Crippen molar-refractivity contribution in [3.63, 3.8) is 0 Å². The summed E-state index contributed by atoms with van der Waals surface area (Å²) in [5, 5.41) is 20.7. The zero-order valence-electron chi connectivity index (χ0n) is 17.9. The summed E-state index contributed by atoms with van der Waals surface area (Å²) >= 11 is 0. The lowest BCUT2D eigenvalue weighted by atomic mass is 9.87. The zero-order valence-corrected chi connectivity index (χ0v) is 17.9. The number of rotatable bonds is 6. The van der Waals surface area contributed by atoms with Crippen molar-refractivity contribution in [2.45, 2.75) is 12.3 Å². The minimum atomic E-state index is -0.654. The van der Waals surface area contributed by atoms with E-state index in [1.165, 1.54) is 38.5 Å². The van der Waals surface area contributed by atoms with E-state index in [1.54, 1.807) is 36.7 Å². The van der Waals surface area contributed by atoms with E-state index in [9.17, 15) is 19.8 Å². The number of phenols is 2. The van der Waals surface area contributed by atoms with Gasteiger partial charge in [-0.1, -0.05) is 12.1 Å². The lowest BCUT2D eigenvalue weighted by molar-refractivity contribution is -0.140. The molecule has 0 amide bonds. The second-order valence-corrected chi connectivity index (χ2v) is 7.37. The summed E-state index contributed by atoms with van der Waals surface area (Å²) in [6, 6.07) is 11.0. The fraction of sp³-hybridized carbons (Fsp3) is 0.160. The van der Waals surface area contributed by atoms with Gasteiger partial charge < -0.3 is 24.4 Å². The Labute approximate surface area is 189 Å². The van der Waals surface area contributed by atoms with Gasteiger partial charge in [0.2, 0.25) is 5.78 Å². The number of carbonyl (C=O) groups is 2. The molecule has 0 aliphatic carbocycles. The molecular formula is C25H21NO7. The molecule has 168 valence electrons. The number of nitrogens with zero attached hydrogens (tertiary/aromatic N) is 1. The molecule has 1 aromatic heterocycles. The number of pyridine rings is 1. The first-order valence-electron chi connectivity index (χ1n) is 10.1. The first-order valence-corrected chi connectivity index (χ1v) is 10.1. The summed E-state index contributed by atoms with van der Waals surface area (Å²) in [4.78, 5) is 29.3. The highest BCUT2D eigenvalue weighted by Gasteiger charge is 2.35. The molecule has 2 heterocycles. The van der Waals surface area contributed by atoms with Crippen LogP contribution < -0.4 is 9.47 Å². The first kappa shape index (κ1) is 21.9. The predicted octanol–water partition coefficient (Wildman–Crippen LogP) is 3.81. The van der Waals surface area contributed by atoms with Gasteiger partial charge in [0, 0.05) is 23.9 Å². The summed E-state index contributed by atoms with van der Waals surface area (Å²) in [5.74, 6) is -1.25. The van der Waals surface area contributed by atoms with Crippen molar-refractivity contribution >= 4 is 17.8 Å². The van der Waals surface area contributed by atoms with Crippen LogP contribution in [0.15, 0.2) is 60.6 Å². The molecule has 0 saturated carbocycles. The van der Waals surface area contributed by atoms with Gasteiger partial charge in [-0.2, -0.15) is 0 Å². The third kappa shape index (κ3) is 4.23. The highest BCUT2D eigenvalue weighted by Crippen LogP contribution is 2.46. The van der Waals surface area contributed by atoms with Crippen LogP contribution in [0.25, 0.3) is 6.08 Å². The van der Waals surface area contributed by atoms with Crippen LogP contribution in [0, 0.1) is 0 Å². The maximum absolute atomic E-state index is 13.0. The molecule has 0 spiro atoms. The molecule has 3 aromatic rings. The Balaban J connectivity index is 1.79. The predicted molar refractivity (Wildman–Crippen MR) is 118 cm³/mol. The summed E-state index contributed by atoms with van der Waals surface area (Å²) in [7, 11) is 2.72. The maximum Gasteiger partial charge on any atom is 0.306 e. The van der Waals surface area contributed by atoms with Gasteiger partial charge in [0.15, 0.2) is 17.3 Å². The van der Waals surface area contributed by atoms with Crippen molar-refractivity contribution in [3.8, 4) is 23.0 Å². The molecule has 8 heteroatoms. The molecule has 8 nitrogen and oxygen atoms in total. The summed E-state index contributed by atoms with van der Waals surface area (Å²) in [6.45, 7) is 0. The van der Waals surface area contributed by atoms with E-state index in [4.69, 9.17) is 14.2 Å². The largest absolute Gasteiger partial charge is 0.508 e. The number of ether oxygens (including phenoxy) is 3. The number of Topliss-reactive ketones (excluding diaryl/α,β-unsaturated/α-hetero) is 1. The number of methoxy groups -OCH3 is 2. The van der Waals surface area contributed by atoms with Gasteiger partial charge >= 0.3 is 5.97 Å². The Bertz CT molecular complexity index is 1250. The van der Waals surface area contributed by atoms with Crippen LogP contribution in [-0.4, -0.2) is 41.2 Å². The summed E-state index contributed by atoms with van der Waals surface area (Å²) in [5.41, 5.74) is 1.72.